The van der Waals surface area contributed by atoms with Gasteiger partial charge in [-0.1, -0.05) is 25.7 Å². The van der Waals surface area contributed by atoms with Crippen LogP contribution in [0.2, 0.25) is 0 Å². The Morgan fingerprint density at radius 2 is 1.73 bits per heavy atom. The second-order valence-corrected chi connectivity index (χ2v) is 3.29. The minimum absolute atomic E-state index is 0.102. The first-order valence-corrected chi connectivity index (χ1v) is 4.42. The van der Waals surface area contributed by atoms with E-state index in [1.807, 2.05) is 0 Å². The highest BCUT2D eigenvalue weighted by Crippen LogP contribution is 2.21. The summed E-state index contributed by atoms with van der Waals surface area (Å²) in [5, 5.41) is 18.1. The fraction of sp³-hybridized carbons (Fsp3) is 0.889. The van der Waals surface area contributed by atoms with Gasteiger partial charge in [-0.15, -0.1) is 0 Å². The standard InChI is InChI=1S/C9H15NO/c10-7-8-5-3-1-2-4-6-9(8)11/h8-9,11H,1-6H2/t8-,9+/m0/s1. The van der Waals surface area contributed by atoms with Gasteiger partial charge in [0, 0.05) is 0 Å². The Morgan fingerprint density at radius 1 is 1.09 bits per heavy atom. The van der Waals surface area contributed by atoms with Gasteiger partial charge in [-0.05, 0) is 12.8 Å². The van der Waals surface area contributed by atoms with Crippen LogP contribution in [0.1, 0.15) is 38.5 Å². The van der Waals surface area contributed by atoms with E-state index in [1.54, 1.807) is 0 Å². The maximum Gasteiger partial charge on any atom is 0.0722 e. The number of hydrogen-bond acceptors (Lipinski definition) is 2. The Bertz CT molecular complexity index is 150. The zero-order valence-corrected chi connectivity index (χ0v) is 6.79. The second-order valence-electron chi connectivity index (χ2n) is 3.29. The molecule has 2 atom stereocenters. The molecule has 62 valence electrons. The molecule has 1 aliphatic carbocycles. The van der Waals surface area contributed by atoms with Crippen molar-refractivity contribution in [2.45, 2.75) is 44.6 Å². The summed E-state index contributed by atoms with van der Waals surface area (Å²) >= 11 is 0. The van der Waals surface area contributed by atoms with Crippen molar-refractivity contribution < 1.29 is 5.11 Å². The summed E-state index contributed by atoms with van der Waals surface area (Å²) in [6, 6.07) is 2.17. The van der Waals surface area contributed by atoms with Crippen LogP contribution in [-0.2, 0) is 0 Å². The number of aliphatic hydroxyl groups excluding tert-OH is 1. The lowest BCUT2D eigenvalue weighted by Crippen LogP contribution is -2.20. The van der Waals surface area contributed by atoms with Gasteiger partial charge in [0.25, 0.3) is 0 Å². The van der Waals surface area contributed by atoms with Gasteiger partial charge in [0.1, 0.15) is 0 Å². The summed E-state index contributed by atoms with van der Waals surface area (Å²) in [6.07, 6.45) is 5.98. The highest BCUT2D eigenvalue weighted by molar-refractivity contribution is 4.88. The van der Waals surface area contributed by atoms with Crippen LogP contribution >= 0.6 is 0 Å². The van der Waals surface area contributed by atoms with E-state index in [9.17, 15) is 5.11 Å². The number of rotatable bonds is 0. The lowest BCUT2D eigenvalue weighted by molar-refractivity contribution is 0.109. The molecule has 0 aromatic carbocycles. The Labute approximate surface area is 67.8 Å². The molecule has 1 N–H and O–H groups in total. The Balaban J connectivity index is 2.41. The van der Waals surface area contributed by atoms with E-state index in [0.29, 0.717) is 0 Å². The van der Waals surface area contributed by atoms with E-state index >= 15 is 0 Å². The topological polar surface area (TPSA) is 44.0 Å². The molecule has 1 saturated carbocycles. The lowest BCUT2D eigenvalue weighted by Gasteiger charge is -2.18. The average Bonchev–Trinajstić information content (AvgIpc) is 1.98. The largest absolute Gasteiger partial charge is 0.392 e. The molecule has 0 saturated heterocycles. The Morgan fingerprint density at radius 3 is 2.36 bits per heavy atom. The molecule has 1 fully saturated rings. The van der Waals surface area contributed by atoms with Crippen LogP contribution in [-0.4, -0.2) is 11.2 Å². The van der Waals surface area contributed by atoms with Crippen molar-refractivity contribution in [3.05, 3.63) is 0 Å². The first-order chi connectivity index (χ1) is 5.34. The summed E-state index contributed by atoms with van der Waals surface area (Å²) in [4.78, 5) is 0. The van der Waals surface area contributed by atoms with Crippen molar-refractivity contribution in [3.63, 3.8) is 0 Å². The third-order valence-electron chi connectivity index (χ3n) is 2.40. The van der Waals surface area contributed by atoms with Gasteiger partial charge in [-0.3, -0.25) is 0 Å². The van der Waals surface area contributed by atoms with Gasteiger partial charge in [0.2, 0.25) is 0 Å². The molecule has 2 heteroatoms. The first-order valence-electron chi connectivity index (χ1n) is 4.42. The molecule has 0 spiro atoms. The zero-order chi connectivity index (χ0) is 8.10. The molecule has 1 rings (SSSR count). The highest BCUT2D eigenvalue weighted by Gasteiger charge is 2.19. The molecule has 0 aliphatic heterocycles. The molecular formula is C9H15NO. The van der Waals surface area contributed by atoms with Gasteiger partial charge >= 0.3 is 0 Å². The van der Waals surface area contributed by atoms with Crippen LogP contribution in [0.25, 0.3) is 0 Å². The molecule has 0 unspecified atom stereocenters. The molecule has 0 amide bonds. The summed E-state index contributed by atoms with van der Waals surface area (Å²) in [5.74, 6) is -0.102. The SMILES string of the molecule is N#C[C@@H]1CCCCCC[C@H]1O. The van der Waals surface area contributed by atoms with Crippen molar-refractivity contribution in [2.75, 3.05) is 0 Å². The van der Waals surface area contributed by atoms with Gasteiger partial charge in [0.15, 0.2) is 0 Å². The molecule has 0 aromatic heterocycles. The molecule has 2 nitrogen and oxygen atoms in total. The summed E-state index contributed by atoms with van der Waals surface area (Å²) < 4.78 is 0. The first kappa shape index (κ1) is 8.55. The molecular weight excluding hydrogens is 138 g/mol. The Kier molecular flexibility index (Phi) is 3.38. The van der Waals surface area contributed by atoms with Crippen molar-refractivity contribution in [3.8, 4) is 6.07 Å². The van der Waals surface area contributed by atoms with Crippen LogP contribution in [0.3, 0.4) is 0 Å². The predicted molar refractivity (Wildman–Crippen MR) is 42.8 cm³/mol. The average molecular weight is 153 g/mol. The van der Waals surface area contributed by atoms with E-state index in [1.165, 1.54) is 12.8 Å². The smallest absolute Gasteiger partial charge is 0.0722 e. The van der Waals surface area contributed by atoms with Crippen LogP contribution in [0.5, 0.6) is 0 Å². The van der Waals surface area contributed by atoms with Gasteiger partial charge in [-0.25, -0.2) is 0 Å². The Hall–Kier alpha value is -0.550. The highest BCUT2D eigenvalue weighted by atomic mass is 16.3. The zero-order valence-electron chi connectivity index (χ0n) is 6.79. The summed E-state index contributed by atoms with van der Waals surface area (Å²) in [5.41, 5.74) is 0. The van der Waals surface area contributed by atoms with Crippen LogP contribution in [0, 0.1) is 17.2 Å². The molecule has 0 radical (unpaired) electrons. The molecule has 0 bridgehead atoms. The quantitative estimate of drug-likeness (QED) is 0.577. The summed E-state index contributed by atoms with van der Waals surface area (Å²) in [6.45, 7) is 0. The minimum Gasteiger partial charge on any atom is -0.392 e. The number of nitrogens with zero attached hydrogens (tertiary/aromatic N) is 1. The fourth-order valence-corrected chi connectivity index (χ4v) is 1.62. The van der Waals surface area contributed by atoms with E-state index in [-0.39, 0.29) is 12.0 Å². The maximum atomic E-state index is 9.45. The predicted octanol–water partition coefficient (Wildman–Crippen LogP) is 1.84. The number of aliphatic hydroxyl groups is 1. The van der Waals surface area contributed by atoms with E-state index in [0.717, 1.165) is 25.7 Å². The normalized spacial score (nSPS) is 33.5. The summed E-state index contributed by atoms with van der Waals surface area (Å²) in [7, 11) is 0. The van der Waals surface area contributed by atoms with E-state index in [2.05, 4.69) is 6.07 Å². The van der Waals surface area contributed by atoms with Crippen LogP contribution in [0.15, 0.2) is 0 Å². The number of nitriles is 1. The van der Waals surface area contributed by atoms with Crippen LogP contribution < -0.4 is 0 Å². The van der Waals surface area contributed by atoms with E-state index in [4.69, 9.17) is 5.26 Å². The van der Waals surface area contributed by atoms with E-state index < -0.39 is 0 Å². The molecule has 1 aliphatic rings. The third kappa shape index (κ3) is 2.51. The lowest BCUT2D eigenvalue weighted by atomic mass is 9.90. The maximum absolute atomic E-state index is 9.45. The monoisotopic (exact) mass is 153 g/mol. The number of hydrogen-bond donors (Lipinski definition) is 1. The van der Waals surface area contributed by atoms with Gasteiger partial charge in [0.05, 0.1) is 18.1 Å². The van der Waals surface area contributed by atoms with Crippen LogP contribution in [0.4, 0.5) is 0 Å². The van der Waals surface area contributed by atoms with Crippen molar-refractivity contribution >= 4 is 0 Å². The second kappa shape index (κ2) is 4.35. The molecule has 0 heterocycles. The van der Waals surface area contributed by atoms with Gasteiger partial charge < -0.3 is 5.11 Å². The molecule has 11 heavy (non-hydrogen) atoms. The van der Waals surface area contributed by atoms with Gasteiger partial charge in [-0.2, -0.15) is 5.26 Å². The van der Waals surface area contributed by atoms with Crippen molar-refractivity contribution in [2.24, 2.45) is 5.92 Å². The van der Waals surface area contributed by atoms with Crippen molar-refractivity contribution in [1.82, 2.24) is 0 Å². The van der Waals surface area contributed by atoms with Crippen molar-refractivity contribution in [1.29, 1.82) is 5.26 Å². The third-order valence-corrected chi connectivity index (χ3v) is 2.40. The minimum atomic E-state index is -0.361. The fourth-order valence-electron chi connectivity index (χ4n) is 1.62. The molecule has 0 aromatic rings.